The zero-order chi connectivity index (χ0) is 12.2. The van der Waals surface area contributed by atoms with Crippen molar-refractivity contribution in [2.75, 3.05) is 13.2 Å². The molecule has 1 atom stereocenters. The highest BCUT2D eigenvalue weighted by atomic mass is 16.7. The van der Waals surface area contributed by atoms with Crippen molar-refractivity contribution in [1.82, 2.24) is 0 Å². The minimum Gasteiger partial charge on any atom is -0.353 e. The van der Waals surface area contributed by atoms with Crippen molar-refractivity contribution in [2.45, 2.75) is 70.5 Å². The number of terminal acetylenes is 1. The average molecular weight is 238 g/mol. The standard InChI is InChI=1S/C15H26O2/c1-2-3-4-5-6-7-8-10-13-16-15-12-9-11-14-17-15/h1,15H,3-14H2. The molecule has 0 amide bonds. The van der Waals surface area contributed by atoms with Gasteiger partial charge < -0.3 is 9.47 Å². The Labute approximate surface area is 106 Å². The Morgan fingerprint density at radius 2 is 1.82 bits per heavy atom. The first-order chi connectivity index (χ1) is 8.43. The summed E-state index contributed by atoms with van der Waals surface area (Å²) in [6.07, 6.45) is 17.2. The normalized spacial score (nSPS) is 20.1. The van der Waals surface area contributed by atoms with Gasteiger partial charge in [0, 0.05) is 19.6 Å². The molecule has 1 aliphatic heterocycles. The van der Waals surface area contributed by atoms with Crippen molar-refractivity contribution in [3.63, 3.8) is 0 Å². The van der Waals surface area contributed by atoms with Gasteiger partial charge in [0.05, 0.1) is 0 Å². The lowest BCUT2D eigenvalue weighted by Crippen LogP contribution is -2.22. The summed E-state index contributed by atoms with van der Waals surface area (Å²) in [5.41, 5.74) is 0. The van der Waals surface area contributed by atoms with Crippen LogP contribution in [0.4, 0.5) is 0 Å². The summed E-state index contributed by atoms with van der Waals surface area (Å²) in [7, 11) is 0. The van der Waals surface area contributed by atoms with Crippen molar-refractivity contribution in [3.05, 3.63) is 0 Å². The molecule has 17 heavy (non-hydrogen) atoms. The first-order valence-corrected chi connectivity index (χ1v) is 7.10. The molecule has 1 aliphatic rings. The fourth-order valence-corrected chi connectivity index (χ4v) is 2.09. The van der Waals surface area contributed by atoms with Gasteiger partial charge in [-0.15, -0.1) is 12.3 Å². The van der Waals surface area contributed by atoms with Crippen LogP contribution in [0.25, 0.3) is 0 Å². The zero-order valence-electron chi connectivity index (χ0n) is 11.0. The first kappa shape index (κ1) is 14.5. The van der Waals surface area contributed by atoms with Gasteiger partial charge in [0.15, 0.2) is 6.29 Å². The predicted octanol–water partition coefficient (Wildman–Crippen LogP) is 3.89. The lowest BCUT2D eigenvalue weighted by atomic mass is 10.1. The quantitative estimate of drug-likeness (QED) is 0.448. The molecule has 0 aliphatic carbocycles. The molecule has 1 unspecified atom stereocenters. The lowest BCUT2D eigenvalue weighted by molar-refractivity contribution is -0.162. The number of unbranched alkanes of at least 4 members (excludes halogenated alkanes) is 6. The van der Waals surface area contributed by atoms with E-state index in [2.05, 4.69) is 5.92 Å². The van der Waals surface area contributed by atoms with Crippen LogP contribution in [-0.2, 0) is 9.47 Å². The molecule has 1 rings (SSSR count). The van der Waals surface area contributed by atoms with Gasteiger partial charge in [0.2, 0.25) is 0 Å². The van der Waals surface area contributed by atoms with E-state index in [1.165, 1.54) is 44.9 Å². The molecule has 0 aromatic carbocycles. The first-order valence-electron chi connectivity index (χ1n) is 7.10. The Kier molecular flexibility index (Phi) is 9.09. The van der Waals surface area contributed by atoms with Gasteiger partial charge in [-0.2, -0.15) is 0 Å². The van der Waals surface area contributed by atoms with Crippen LogP contribution in [0.5, 0.6) is 0 Å². The van der Waals surface area contributed by atoms with Crippen molar-refractivity contribution < 1.29 is 9.47 Å². The van der Waals surface area contributed by atoms with Crippen molar-refractivity contribution in [1.29, 1.82) is 0 Å². The summed E-state index contributed by atoms with van der Waals surface area (Å²) in [4.78, 5) is 0. The number of ether oxygens (including phenoxy) is 2. The van der Waals surface area contributed by atoms with E-state index in [9.17, 15) is 0 Å². The van der Waals surface area contributed by atoms with E-state index < -0.39 is 0 Å². The van der Waals surface area contributed by atoms with Crippen molar-refractivity contribution in [3.8, 4) is 12.3 Å². The molecule has 0 aromatic heterocycles. The molecular formula is C15H26O2. The van der Waals surface area contributed by atoms with Crippen molar-refractivity contribution >= 4 is 0 Å². The predicted molar refractivity (Wildman–Crippen MR) is 70.7 cm³/mol. The number of hydrogen-bond acceptors (Lipinski definition) is 2. The second-order valence-corrected chi connectivity index (χ2v) is 4.74. The van der Waals surface area contributed by atoms with Crippen LogP contribution in [0.1, 0.15) is 64.2 Å². The van der Waals surface area contributed by atoms with E-state index in [0.717, 1.165) is 32.5 Å². The van der Waals surface area contributed by atoms with E-state index in [0.29, 0.717) is 0 Å². The summed E-state index contributed by atoms with van der Waals surface area (Å²) in [5.74, 6) is 2.68. The Morgan fingerprint density at radius 1 is 1.06 bits per heavy atom. The van der Waals surface area contributed by atoms with Gasteiger partial charge in [0.1, 0.15) is 0 Å². The lowest BCUT2D eigenvalue weighted by Gasteiger charge is -2.22. The highest BCUT2D eigenvalue weighted by Gasteiger charge is 2.13. The Hall–Kier alpha value is -0.520. The molecule has 0 N–H and O–H groups in total. The monoisotopic (exact) mass is 238 g/mol. The molecule has 0 spiro atoms. The largest absolute Gasteiger partial charge is 0.353 e. The van der Waals surface area contributed by atoms with E-state index in [1.54, 1.807) is 0 Å². The molecule has 98 valence electrons. The molecule has 2 nitrogen and oxygen atoms in total. The minimum absolute atomic E-state index is 0.0828. The minimum atomic E-state index is 0.0828. The van der Waals surface area contributed by atoms with Crippen LogP contribution in [0.3, 0.4) is 0 Å². The van der Waals surface area contributed by atoms with Gasteiger partial charge >= 0.3 is 0 Å². The van der Waals surface area contributed by atoms with Gasteiger partial charge in [0.25, 0.3) is 0 Å². The van der Waals surface area contributed by atoms with Gasteiger partial charge in [-0.1, -0.05) is 25.7 Å². The van der Waals surface area contributed by atoms with Crippen LogP contribution in [0, 0.1) is 12.3 Å². The third-order valence-electron chi connectivity index (χ3n) is 3.16. The maximum Gasteiger partial charge on any atom is 0.157 e. The van der Waals surface area contributed by atoms with Crippen LogP contribution in [0.2, 0.25) is 0 Å². The average Bonchev–Trinajstić information content (AvgIpc) is 2.38. The van der Waals surface area contributed by atoms with E-state index in [4.69, 9.17) is 15.9 Å². The van der Waals surface area contributed by atoms with Crippen LogP contribution >= 0.6 is 0 Å². The molecule has 2 heteroatoms. The topological polar surface area (TPSA) is 18.5 Å². The fraction of sp³-hybridized carbons (Fsp3) is 0.867. The highest BCUT2D eigenvalue weighted by Crippen LogP contribution is 2.14. The maximum atomic E-state index is 5.68. The third kappa shape index (κ3) is 8.24. The van der Waals surface area contributed by atoms with Crippen LogP contribution in [-0.4, -0.2) is 19.5 Å². The van der Waals surface area contributed by atoms with Gasteiger partial charge in [-0.3, -0.25) is 0 Å². The molecule has 1 fully saturated rings. The fourth-order valence-electron chi connectivity index (χ4n) is 2.09. The molecule has 0 bridgehead atoms. The Morgan fingerprint density at radius 3 is 2.53 bits per heavy atom. The Balaban J connectivity index is 1.76. The van der Waals surface area contributed by atoms with Crippen LogP contribution in [0.15, 0.2) is 0 Å². The molecule has 0 aromatic rings. The van der Waals surface area contributed by atoms with Crippen molar-refractivity contribution in [2.24, 2.45) is 0 Å². The second-order valence-electron chi connectivity index (χ2n) is 4.74. The SMILES string of the molecule is C#CCCCCCCCCOC1CCCCO1. The molecule has 0 saturated carbocycles. The Bertz CT molecular complexity index is 201. The molecule has 0 radical (unpaired) electrons. The number of rotatable bonds is 9. The number of hydrogen-bond donors (Lipinski definition) is 0. The molecule has 1 saturated heterocycles. The zero-order valence-corrected chi connectivity index (χ0v) is 11.0. The summed E-state index contributed by atoms with van der Waals surface area (Å²) >= 11 is 0. The van der Waals surface area contributed by atoms with E-state index in [1.807, 2.05) is 0 Å². The summed E-state index contributed by atoms with van der Waals surface area (Å²) < 4.78 is 11.2. The smallest absolute Gasteiger partial charge is 0.157 e. The second kappa shape index (κ2) is 10.6. The van der Waals surface area contributed by atoms with Gasteiger partial charge in [-0.05, 0) is 32.1 Å². The van der Waals surface area contributed by atoms with Crippen LogP contribution < -0.4 is 0 Å². The van der Waals surface area contributed by atoms with E-state index >= 15 is 0 Å². The maximum absolute atomic E-state index is 5.68. The summed E-state index contributed by atoms with van der Waals surface area (Å²) in [6, 6.07) is 0. The molecular weight excluding hydrogens is 212 g/mol. The summed E-state index contributed by atoms with van der Waals surface area (Å²) in [5, 5.41) is 0. The third-order valence-corrected chi connectivity index (χ3v) is 3.16. The van der Waals surface area contributed by atoms with Gasteiger partial charge in [-0.25, -0.2) is 0 Å². The highest BCUT2D eigenvalue weighted by molar-refractivity contribution is 4.82. The summed E-state index contributed by atoms with van der Waals surface area (Å²) in [6.45, 7) is 1.73. The molecule has 1 heterocycles. The van der Waals surface area contributed by atoms with E-state index in [-0.39, 0.29) is 6.29 Å².